The summed E-state index contributed by atoms with van der Waals surface area (Å²) in [6.07, 6.45) is 1.24. The van der Waals surface area contributed by atoms with Crippen molar-refractivity contribution in [2.45, 2.75) is 12.5 Å². The molecule has 0 heterocycles. The highest BCUT2D eigenvalue weighted by Gasteiger charge is 1.86. The zero-order chi connectivity index (χ0) is 7.11. The first kappa shape index (κ1) is 8.91. The third-order valence-electron chi connectivity index (χ3n) is 1.04. The molecule has 0 saturated heterocycles. The molecular formula is C5H14N2SSi. The molecule has 0 rings (SSSR count). The molecule has 2 nitrogen and oxygen atoms in total. The van der Waals surface area contributed by atoms with Gasteiger partial charge in [0.15, 0.2) is 5.11 Å². The smallest absolute Gasteiger partial charge is 0.166 e. The van der Waals surface area contributed by atoms with E-state index >= 15 is 0 Å². The van der Waals surface area contributed by atoms with Crippen LogP contribution in [0.25, 0.3) is 0 Å². The molecule has 0 radical (unpaired) electrons. The van der Waals surface area contributed by atoms with E-state index in [-0.39, 0.29) is 0 Å². The van der Waals surface area contributed by atoms with Gasteiger partial charge in [-0.1, -0.05) is 6.04 Å². The first-order valence-corrected chi connectivity index (χ1v) is 5.09. The molecule has 0 aliphatic carbocycles. The molecule has 54 valence electrons. The topological polar surface area (TPSA) is 24.1 Å². The summed E-state index contributed by atoms with van der Waals surface area (Å²) in [6.45, 7) is 1.02. The van der Waals surface area contributed by atoms with Crippen LogP contribution >= 0.6 is 12.2 Å². The van der Waals surface area contributed by atoms with Crippen molar-refractivity contribution in [2.75, 3.05) is 13.6 Å². The Morgan fingerprint density at radius 2 is 2.33 bits per heavy atom. The maximum Gasteiger partial charge on any atom is 0.166 e. The number of rotatable bonds is 3. The van der Waals surface area contributed by atoms with Gasteiger partial charge in [0, 0.05) is 23.8 Å². The highest BCUT2D eigenvalue weighted by atomic mass is 32.1. The average Bonchev–Trinajstić information content (AvgIpc) is 1.89. The molecule has 0 fully saturated rings. The molecule has 0 aromatic heterocycles. The lowest BCUT2D eigenvalue weighted by Gasteiger charge is -2.04. The molecule has 0 saturated carbocycles. The molecule has 9 heavy (non-hydrogen) atoms. The molecule has 0 aromatic carbocycles. The van der Waals surface area contributed by atoms with Crippen LogP contribution in [0.15, 0.2) is 0 Å². The number of hydrogen-bond acceptors (Lipinski definition) is 1. The Bertz CT molecular complexity index is 87.0. The van der Waals surface area contributed by atoms with Crippen molar-refractivity contribution in [3.8, 4) is 0 Å². The van der Waals surface area contributed by atoms with E-state index in [0.717, 1.165) is 11.7 Å². The molecule has 0 bridgehead atoms. The van der Waals surface area contributed by atoms with Gasteiger partial charge in [0.2, 0.25) is 0 Å². The van der Waals surface area contributed by atoms with Crippen molar-refractivity contribution < 1.29 is 0 Å². The van der Waals surface area contributed by atoms with E-state index in [1.54, 1.807) is 0 Å². The monoisotopic (exact) mass is 162 g/mol. The van der Waals surface area contributed by atoms with Crippen molar-refractivity contribution in [3.63, 3.8) is 0 Å². The second-order valence-electron chi connectivity index (χ2n) is 1.86. The lowest BCUT2D eigenvalue weighted by Crippen LogP contribution is -2.32. The molecule has 0 spiro atoms. The summed E-state index contributed by atoms with van der Waals surface area (Å²) in [5.41, 5.74) is 0. The molecule has 0 atom stereocenters. The summed E-state index contributed by atoms with van der Waals surface area (Å²) in [4.78, 5) is 0. The van der Waals surface area contributed by atoms with Gasteiger partial charge in [0.05, 0.1) is 0 Å². The quantitative estimate of drug-likeness (QED) is 0.324. The van der Waals surface area contributed by atoms with Crippen LogP contribution in [0.2, 0.25) is 6.04 Å². The van der Waals surface area contributed by atoms with Crippen LogP contribution in [0, 0.1) is 0 Å². The summed E-state index contributed by atoms with van der Waals surface area (Å²) in [5, 5.41) is 6.69. The zero-order valence-electron chi connectivity index (χ0n) is 6.03. The Morgan fingerprint density at radius 3 is 2.78 bits per heavy atom. The Kier molecular flexibility index (Phi) is 5.97. The minimum absolute atomic E-state index is 0.755. The first-order valence-electron chi connectivity index (χ1n) is 3.26. The fraction of sp³-hybridized carbons (Fsp3) is 0.800. The van der Waals surface area contributed by atoms with E-state index < -0.39 is 0 Å². The third-order valence-corrected chi connectivity index (χ3v) is 2.10. The van der Waals surface area contributed by atoms with E-state index in [2.05, 4.69) is 10.6 Å². The fourth-order valence-corrected chi connectivity index (χ4v) is 0.923. The van der Waals surface area contributed by atoms with Crippen LogP contribution in [0.4, 0.5) is 0 Å². The molecule has 0 unspecified atom stereocenters. The molecule has 0 amide bonds. The van der Waals surface area contributed by atoms with E-state index in [9.17, 15) is 0 Å². The predicted octanol–water partition coefficient (Wildman–Crippen LogP) is -0.746. The summed E-state index contributed by atoms with van der Waals surface area (Å²) in [6, 6.07) is 1.35. The third kappa shape index (κ3) is 5.78. The second kappa shape index (κ2) is 6.03. The average molecular weight is 162 g/mol. The van der Waals surface area contributed by atoms with Gasteiger partial charge in [-0.15, -0.1) is 0 Å². The minimum Gasteiger partial charge on any atom is -0.366 e. The van der Waals surface area contributed by atoms with Gasteiger partial charge < -0.3 is 10.6 Å². The van der Waals surface area contributed by atoms with Crippen LogP contribution in [-0.4, -0.2) is 28.9 Å². The molecule has 0 aliphatic heterocycles. The normalized spacial score (nSPS) is 9.00. The van der Waals surface area contributed by atoms with Gasteiger partial charge in [-0.2, -0.15) is 0 Å². The maximum absolute atomic E-state index is 4.86. The van der Waals surface area contributed by atoms with Crippen molar-refractivity contribution in [1.29, 1.82) is 0 Å². The summed E-state index contributed by atoms with van der Waals surface area (Å²) in [7, 11) is 3.13. The number of hydrogen-bond donors (Lipinski definition) is 2. The molecule has 4 heteroatoms. The number of thiocarbonyl (C=S) groups is 1. The maximum atomic E-state index is 4.86. The minimum atomic E-state index is 0.755. The standard InChI is InChI=1S/C5H14N2SSi/c1-6-5(8)7-3-2-4-9/h2-4H2,1,9H3,(H2,6,7,8). The SMILES string of the molecule is CNC(=S)NCCC[SiH3]. The van der Waals surface area contributed by atoms with Crippen LogP contribution in [0.3, 0.4) is 0 Å². The van der Waals surface area contributed by atoms with Gasteiger partial charge in [0.25, 0.3) is 0 Å². The van der Waals surface area contributed by atoms with Gasteiger partial charge in [0.1, 0.15) is 0 Å². The van der Waals surface area contributed by atoms with Crippen molar-refractivity contribution in [2.24, 2.45) is 0 Å². The largest absolute Gasteiger partial charge is 0.366 e. The van der Waals surface area contributed by atoms with Crippen LogP contribution in [0.5, 0.6) is 0 Å². The van der Waals surface area contributed by atoms with Gasteiger partial charge >= 0.3 is 0 Å². The number of nitrogens with one attached hydrogen (secondary N) is 2. The van der Waals surface area contributed by atoms with E-state index in [1.165, 1.54) is 22.7 Å². The molecule has 0 aliphatic rings. The zero-order valence-corrected chi connectivity index (χ0v) is 8.85. The van der Waals surface area contributed by atoms with E-state index in [1.807, 2.05) is 7.05 Å². The van der Waals surface area contributed by atoms with Crippen molar-refractivity contribution in [1.82, 2.24) is 10.6 Å². The van der Waals surface area contributed by atoms with Crippen LogP contribution in [-0.2, 0) is 0 Å². The Labute approximate surface area is 64.8 Å². The summed E-state index contributed by atoms with van der Waals surface area (Å²) < 4.78 is 0. The van der Waals surface area contributed by atoms with E-state index in [0.29, 0.717) is 0 Å². The Morgan fingerprint density at radius 1 is 1.67 bits per heavy atom. The van der Waals surface area contributed by atoms with Crippen LogP contribution in [0.1, 0.15) is 6.42 Å². The predicted molar refractivity (Wildman–Crippen MR) is 49.0 cm³/mol. The Hall–Kier alpha value is -0.0931. The van der Waals surface area contributed by atoms with Gasteiger partial charge in [-0.3, -0.25) is 0 Å². The van der Waals surface area contributed by atoms with Crippen LogP contribution < -0.4 is 10.6 Å². The van der Waals surface area contributed by atoms with Crippen molar-refractivity contribution in [3.05, 3.63) is 0 Å². The first-order chi connectivity index (χ1) is 4.31. The Balaban J connectivity index is 2.97. The lowest BCUT2D eigenvalue weighted by atomic mass is 10.5. The lowest BCUT2D eigenvalue weighted by molar-refractivity contribution is 0.827. The van der Waals surface area contributed by atoms with Crippen molar-refractivity contribution >= 4 is 27.6 Å². The highest BCUT2D eigenvalue weighted by molar-refractivity contribution is 7.80. The van der Waals surface area contributed by atoms with E-state index in [4.69, 9.17) is 12.2 Å². The molecule has 0 aromatic rings. The molecule has 2 N–H and O–H groups in total. The highest BCUT2D eigenvalue weighted by Crippen LogP contribution is 1.79. The second-order valence-corrected chi connectivity index (χ2v) is 3.27. The molecular weight excluding hydrogens is 148 g/mol. The van der Waals surface area contributed by atoms with Gasteiger partial charge in [-0.25, -0.2) is 0 Å². The fourth-order valence-electron chi connectivity index (χ4n) is 0.467. The van der Waals surface area contributed by atoms with Gasteiger partial charge in [-0.05, 0) is 18.6 Å². The summed E-state index contributed by atoms with van der Waals surface area (Å²) >= 11 is 4.86. The summed E-state index contributed by atoms with van der Waals surface area (Å²) in [5.74, 6) is 0.